The normalized spacial score (nSPS) is 17.6. The number of ketones is 1. The van der Waals surface area contributed by atoms with E-state index in [2.05, 4.69) is 0 Å². The van der Waals surface area contributed by atoms with Gasteiger partial charge in [-0.25, -0.2) is 0 Å². The highest BCUT2D eigenvalue weighted by Crippen LogP contribution is 2.43. The molecule has 0 saturated carbocycles. The van der Waals surface area contributed by atoms with Crippen molar-refractivity contribution in [1.29, 1.82) is 0 Å². The average molecular weight is 428 g/mol. The second-order valence-corrected chi connectivity index (χ2v) is 7.98. The number of rotatable bonds is 4. The molecule has 4 rings (SSSR count). The van der Waals surface area contributed by atoms with Crippen LogP contribution in [0.1, 0.15) is 33.9 Å². The van der Waals surface area contributed by atoms with Crippen LogP contribution in [0.4, 0.5) is 5.69 Å². The van der Waals surface area contributed by atoms with E-state index in [1.807, 2.05) is 69.3 Å². The first-order valence-electron chi connectivity index (χ1n) is 10.4. The standard InChI is InChI=1S/C27H25NO4/c1-16-9-8-12-21(18(16)3)28-24(19-10-6-5-7-11-19)23(26(30)27(28)31)25(29)20-13-14-22(32-4)17(2)15-20/h5-15,24,29H,1-4H3/b25-23+. The summed E-state index contributed by atoms with van der Waals surface area (Å²) in [6, 6.07) is 19.4. The molecule has 1 aliphatic heterocycles. The van der Waals surface area contributed by atoms with Gasteiger partial charge >= 0.3 is 0 Å². The largest absolute Gasteiger partial charge is 0.507 e. The minimum Gasteiger partial charge on any atom is -0.507 e. The Bertz CT molecular complexity index is 1240. The number of aliphatic hydroxyl groups is 1. The lowest BCUT2D eigenvalue weighted by molar-refractivity contribution is -0.132. The van der Waals surface area contributed by atoms with Crippen molar-refractivity contribution in [3.05, 3.63) is 100 Å². The van der Waals surface area contributed by atoms with Crippen LogP contribution in [0.3, 0.4) is 0 Å². The molecule has 0 radical (unpaired) electrons. The lowest BCUT2D eigenvalue weighted by Crippen LogP contribution is -2.30. The predicted molar refractivity (Wildman–Crippen MR) is 125 cm³/mol. The van der Waals surface area contributed by atoms with Gasteiger partial charge < -0.3 is 9.84 Å². The summed E-state index contributed by atoms with van der Waals surface area (Å²) in [4.78, 5) is 28.0. The molecule has 0 aromatic heterocycles. The third-order valence-corrected chi connectivity index (χ3v) is 6.06. The molecule has 5 heteroatoms. The molecule has 1 fully saturated rings. The number of carbonyl (C=O) groups is 2. The number of ether oxygens (including phenoxy) is 1. The van der Waals surface area contributed by atoms with Crippen LogP contribution in [0.5, 0.6) is 5.75 Å². The summed E-state index contributed by atoms with van der Waals surface area (Å²) >= 11 is 0. The molecule has 1 heterocycles. The number of aryl methyl sites for hydroxylation is 2. The van der Waals surface area contributed by atoms with E-state index in [1.54, 1.807) is 25.3 Å². The van der Waals surface area contributed by atoms with Gasteiger partial charge in [-0.15, -0.1) is 0 Å². The SMILES string of the molecule is COc1ccc(/C(O)=C2\C(=O)C(=O)N(c3cccc(C)c3C)C2c2ccccc2)cc1C. The number of hydrogen-bond acceptors (Lipinski definition) is 4. The molecule has 3 aromatic carbocycles. The quantitative estimate of drug-likeness (QED) is 0.351. The van der Waals surface area contributed by atoms with Crippen molar-refractivity contribution in [1.82, 2.24) is 0 Å². The Hall–Kier alpha value is -3.86. The summed E-state index contributed by atoms with van der Waals surface area (Å²) in [6.45, 7) is 5.75. The zero-order valence-corrected chi connectivity index (χ0v) is 18.5. The number of aliphatic hydroxyl groups excluding tert-OH is 1. The second kappa shape index (κ2) is 8.35. The molecular weight excluding hydrogens is 402 g/mol. The maximum atomic E-state index is 13.3. The van der Waals surface area contributed by atoms with Gasteiger partial charge in [0, 0.05) is 11.3 Å². The highest BCUT2D eigenvalue weighted by Gasteiger charge is 2.47. The molecule has 1 amide bonds. The van der Waals surface area contributed by atoms with Crippen LogP contribution in [-0.2, 0) is 9.59 Å². The molecule has 5 nitrogen and oxygen atoms in total. The van der Waals surface area contributed by atoms with Gasteiger partial charge in [-0.1, -0.05) is 42.5 Å². The Morgan fingerprint density at radius 3 is 2.28 bits per heavy atom. The molecule has 32 heavy (non-hydrogen) atoms. The fraction of sp³-hybridized carbons (Fsp3) is 0.185. The second-order valence-electron chi connectivity index (χ2n) is 7.98. The van der Waals surface area contributed by atoms with Crippen molar-refractivity contribution in [3.8, 4) is 5.75 Å². The summed E-state index contributed by atoms with van der Waals surface area (Å²) < 4.78 is 5.31. The van der Waals surface area contributed by atoms with Gasteiger partial charge in [0.25, 0.3) is 11.7 Å². The van der Waals surface area contributed by atoms with E-state index < -0.39 is 17.7 Å². The number of benzene rings is 3. The van der Waals surface area contributed by atoms with Crippen molar-refractivity contribution < 1.29 is 19.4 Å². The highest BCUT2D eigenvalue weighted by atomic mass is 16.5. The van der Waals surface area contributed by atoms with E-state index in [0.717, 1.165) is 22.3 Å². The van der Waals surface area contributed by atoms with E-state index in [9.17, 15) is 14.7 Å². The minimum absolute atomic E-state index is 0.0756. The van der Waals surface area contributed by atoms with E-state index in [-0.39, 0.29) is 11.3 Å². The minimum atomic E-state index is -0.737. The van der Waals surface area contributed by atoms with E-state index >= 15 is 0 Å². The highest BCUT2D eigenvalue weighted by molar-refractivity contribution is 6.51. The predicted octanol–water partition coefficient (Wildman–Crippen LogP) is 5.25. The molecule has 1 saturated heterocycles. The lowest BCUT2D eigenvalue weighted by Gasteiger charge is -2.27. The number of nitrogens with zero attached hydrogens (tertiary/aromatic N) is 1. The third kappa shape index (κ3) is 3.46. The molecule has 0 spiro atoms. The molecule has 1 N–H and O–H groups in total. The lowest BCUT2D eigenvalue weighted by atomic mass is 9.94. The molecule has 162 valence electrons. The number of anilines is 1. The smallest absolute Gasteiger partial charge is 0.300 e. The van der Waals surface area contributed by atoms with Crippen molar-refractivity contribution in [2.24, 2.45) is 0 Å². The zero-order valence-electron chi connectivity index (χ0n) is 18.5. The summed E-state index contributed by atoms with van der Waals surface area (Å²) in [5.41, 5.74) is 4.69. The van der Waals surface area contributed by atoms with Crippen LogP contribution in [0.2, 0.25) is 0 Å². The maximum Gasteiger partial charge on any atom is 0.300 e. The zero-order chi connectivity index (χ0) is 23.0. The first kappa shape index (κ1) is 21.4. The van der Waals surface area contributed by atoms with Gasteiger partial charge in [0.15, 0.2) is 0 Å². The van der Waals surface area contributed by atoms with Crippen LogP contribution < -0.4 is 9.64 Å². The maximum absolute atomic E-state index is 13.3. The van der Waals surface area contributed by atoms with Gasteiger partial charge in [0.2, 0.25) is 0 Å². The van der Waals surface area contributed by atoms with Gasteiger partial charge in [-0.05, 0) is 67.3 Å². The van der Waals surface area contributed by atoms with Crippen LogP contribution in [0.25, 0.3) is 5.76 Å². The molecular formula is C27H25NO4. The Kier molecular flexibility index (Phi) is 5.57. The number of hydrogen-bond donors (Lipinski definition) is 1. The summed E-state index contributed by atoms with van der Waals surface area (Å²) in [5, 5.41) is 11.3. The van der Waals surface area contributed by atoms with Gasteiger partial charge in [-0.3, -0.25) is 14.5 Å². The van der Waals surface area contributed by atoms with Crippen molar-refractivity contribution in [3.63, 3.8) is 0 Å². The van der Waals surface area contributed by atoms with Crippen molar-refractivity contribution in [2.75, 3.05) is 12.0 Å². The fourth-order valence-corrected chi connectivity index (χ4v) is 4.21. The molecule has 0 aliphatic carbocycles. The van der Waals surface area contributed by atoms with Gasteiger partial charge in [0.05, 0.1) is 18.7 Å². The first-order chi connectivity index (χ1) is 15.3. The van der Waals surface area contributed by atoms with E-state index in [0.29, 0.717) is 17.0 Å². The Balaban J connectivity index is 1.96. The summed E-state index contributed by atoms with van der Waals surface area (Å²) in [6.07, 6.45) is 0. The number of Topliss-reactive ketones (excluding diaryl/α,β-unsaturated/α-hetero) is 1. The third-order valence-electron chi connectivity index (χ3n) is 6.06. The van der Waals surface area contributed by atoms with Gasteiger partial charge in [0.1, 0.15) is 11.5 Å². The Labute approximate surface area is 187 Å². The number of methoxy groups -OCH3 is 1. The van der Waals surface area contributed by atoms with Crippen molar-refractivity contribution >= 4 is 23.1 Å². The summed E-state index contributed by atoms with van der Waals surface area (Å²) in [5.74, 6) is -0.877. The molecule has 1 aliphatic rings. The molecule has 1 atom stereocenters. The van der Waals surface area contributed by atoms with E-state index in [4.69, 9.17) is 4.74 Å². The number of amides is 1. The average Bonchev–Trinajstić information content (AvgIpc) is 3.06. The van der Waals surface area contributed by atoms with Crippen LogP contribution >= 0.6 is 0 Å². The van der Waals surface area contributed by atoms with Gasteiger partial charge in [-0.2, -0.15) is 0 Å². The van der Waals surface area contributed by atoms with Crippen molar-refractivity contribution in [2.45, 2.75) is 26.8 Å². The number of carbonyl (C=O) groups excluding carboxylic acids is 2. The molecule has 0 bridgehead atoms. The monoisotopic (exact) mass is 427 g/mol. The fourth-order valence-electron chi connectivity index (χ4n) is 4.21. The summed E-state index contributed by atoms with van der Waals surface area (Å²) in [7, 11) is 1.58. The van der Waals surface area contributed by atoms with Crippen LogP contribution in [-0.4, -0.2) is 23.9 Å². The Morgan fingerprint density at radius 2 is 1.62 bits per heavy atom. The molecule has 3 aromatic rings. The topological polar surface area (TPSA) is 66.8 Å². The molecule has 1 unspecified atom stereocenters. The first-order valence-corrected chi connectivity index (χ1v) is 10.4. The van der Waals surface area contributed by atoms with Crippen LogP contribution in [0, 0.1) is 20.8 Å². The Morgan fingerprint density at radius 1 is 0.906 bits per heavy atom. The van der Waals surface area contributed by atoms with Crippen LogP contribution in [0.15, 0.2) is 72.3 Å². The van der Waals surface area contributed by atoms with E-state index in [1.165, 1.54) is 4.90 Å².